The fraction of sp³-hybridized carbons (Fsp3) is 0.600. The number of ether oxygens (including phenoxy) is 3. The number of carbonyl (C=O) groups excluding carboxylic acids is 2. The Kier molecular flexibility index (Phi) is 6.27. The molecule has 2 aliphatic heterocycles. The van der Waals surface area contributed by atoms with Gasteiger partial charge in [0.25, 0.3) is 0 Å². The van der Waals surface area contributed by atoms with Crippen molar-refractivity contribution < 1.29 is 23.8 Å². The minimum absolute atomic E-state index is 0.137. The van der Waals surface area contributed by atoms with E-state index in [-0.39, 0.29) is 17.2 Å². The molecule has 0 aliphatic carbocycles. The van der Waals surface area contributed by atoms with Crippen molar-refractivity contribution in [1.29, 1.82) is 0 Å². The number of benzene rings is 1. The predicted octanol–water partition coefficient (Wildman–Crippen LogP) is 2.94. The molecule has 6 nitrogen and oxygen atoms in total. The van der Waals surface area contributed by atoms with Crippen LogP contribution in [0, 0.1) is 5.41 Å². The molecule has 2 amide bonds. The minimum atomic E-state index is -0.137. The maximum absolute atomic E-state index is 11.7. The van der Waals surface area contributed by atoms with Crippen LogP contribution in [0.4, 0.5) is 5.69 Å². The Morgan fingerprint density at radius 2 is 1.69 bits per heavy atom. The number of hydrogen-bond acceptors (Lipinski definition) is 5. The first-order valence-electron chi connectivity index (χ1n) is 9.38. The third-order valence-electron chi connectivity index (χ3n) is 5.07. The van der Waals surface area contributed by atoms with Gasteiger partial charge in [-0.1, -0.05) is 6.92 Å². The van der Waals surface area contributed by atoms with E-state index in [1.54, 1.807) is 24.3 Å². The van der Waals surface area contributed by atoms with Gasteiger partial charge in [0.05, 0.1) is 32.1 Å². The standard InChI is InChI=1S/C20H27NO5/c1-2-20(14-25-15-20)13-24-11-3-4-12-26-17-7-5-16(6-8-17)21-18(22)9-10-19(21)23/h5-8H,2-4,9-15H2,1H3. The van der Waals surface area contributed by atoms with Gasteiger partial charge in [-0.15, -0.1) is 0 Å². The topological polar surface area (TPSA) is 65.1 Å². The lowest BCUT2D eigenvalue weighted by molar-refractivity contribution is -0.150. The summed E-state index contributed by atoms with van der Waals surface area (Å²) in [6, 6.07) is 7.10. The molecular weight excluding hydrogens is 334 g/mol. The number of carbonyl (C=O) groups is 2. The summed E-state index contributed by atoms with van der Waals surface area (Å²) in [4.78, 5) is 24.7. The normalized spacial score (nSPS) is 18.9. The molecule has 0 atom stereocenters. The number of amides is 2. The molecule has 0 N–H and O–H groups in total. The van der Waals surface area contributed by atoms with Gasteiger partial charge < -0.3 is 14.2 Å². The summed E-state index contributed by atoms with van der Waals surface area (Å²) in [5, 5.41) is 0. The zero-order valence-corrected chi connectivity index (χ0v) is 15.4. The van der Waals surface area contributed by atoms with Crippen molar-refractivity contribution in [2.24, 2.45) is 5.41 Å². The number of rotatable bonds is 10. The molecule has 1 aromatic rings. The highest BCUT2D eigenvalue weighted by atomic mass is 16.5. The lowest BCUT2D eigenvalue weighted by atomic mass is 9.84. The maximum atomic E-state index is 11.7. The molecule has 0 saturated carbocycles. The molecule has 0 spiro atoms. The van der Waals surface area contributed by atoms with Crippen LogP contribution in [0.5, 0.6) is 5.75 Å². The van der Waals surface area contributed by atoms with Gasteiger partial charge in [-0.05, 0) is 43.5 Å². The summed E-state index contributed by atoms with van der Waals surface area (Å²) in [5.74, 6) is 0.467. The molecule has 3 rings (SSSR count). The van der Waals surface area contributed by atoms with Crippen LogP contribution >= 0.6 is 0 Å². The van der Waals surface area contributed by atoms with Gasteiger partial charge >= 0.3 is 0 Å². The van der Waals surface area contributed by atoms with Crippen molar-refractivity contribution in [3.05, 3.63) is 24.3 Å². The molecule has 2 fully saturated rings. The van der Waals surface area contributed by atoms with Crippen LogP contribution in [0.15, 0.2) is 24.3 Å². The number of unbranched alkanes of at least 4 members (excludes halogenated alkanes) is 1. The molecule has 2 saturated heterocycles. The molecule has 0 bridgehead atoms. The third kappa shape index (κ3) is 4.43. The average Bonchev–Trinajstić information content (AvgIpc) is 2.95. The molecule has 2 aliphatic rings. The Hall–Kier alpha value is -1.92. The molecule has 2 heterocycles. The Morgan fingerprint density at radius 3 is 2.27 bits per heavy atom. The van der Waals surface area contributed by atoms with Gasteiger partial charge in [0.2, 0.25) is 11.8 Å². The Balaban J connectivity index is 1.31. The van der Waals surface area contributed by atoms with Crippen molar-refractivity contribution in [3.63, 3.8) is 0 Å². The van der Waals surface area contributed by atoms with Crippen molar-refractivity contribution in [1.82, 2.24) is 0 Å². The zero-order chi connectivity index (χ0) is 18.4. The van der Waals surface area contributed by atoms with Gasteiger partial charge in [0, 0.05) is 24.9 Å². The zero-order valence-electron chi connectivity index (χ0n) is 15.4. The highest BCUT2D eigenvalue weighted by Crippen LogP contribution is 2.31. The van der Waals surface area contributed by atoms with E-state index in [1.807, 2.05) is 0 Å². The number of nitrogens with zero attached hydrogens (tertiary/aromatic N) is 1. The fourth-order valence-electron chi connectivity index (χ4n) is 3.12. The van der Waals surface area contributed by atoms with E-state index in [9.17, 15) is 9.59 Å². The first-order valence-corrected chi connectivity index (χ1v) is 9.38. The summed E-state index contributed by atoms with van der Waals surface area (Å²) < 4.78 is 16.8. The van der Waals surface area contributed by atoms with Crippen molar-refractivity contribution in [3.8, 4) is 5.75 Å². The van der Waals surface area contributed by atoms with E-state index >= 15 is 0 Å². The van der Waals surface area contributed by atoms with Gasteiger partial charge in [0.1, 0.15) is 5.75 Å². The Morgan fingerprint density at radius 1 is 1.04 bits per heavy atom. The summed E-state index contributed by atoms with van der Waals surface area (Å²) in [7, 11) is 0. The highest BCUT2D eigenvalue weighted by molar-refractivity contribution is 6.19. The van der Waals surface area contributed by atoms with E-state index in [0.717, 1.165) is 51.4 Å². The molecule has 0 radical (unpaired) electrons. The van der Waals surface area contributed by atoms with E-state index in [2.05, 4.69) is 6.92 Å². The molecule has 26 heavy (non-hydrogen) atoms. The molecule has 1 aromatic carbocycles. The first-order chi connectivity index (χ1) is 12.6. The summed E-state index contributed by atoms with van der Waals surface area (Å²) in [6.07, 6.45) is 3.56. The van der Waals surface area contributed by atoms with Gasteiger partial charge in [-0.25, -0.2) is 0 Å². The van der Waals surface area contributed by atoms with Crippen LogP contribution in [0.25, 0.3) is 0 Å². The molecule has 142 valence electrons. The smallest absolute Gasteiger partial charge is 0.234 e. The Labute approximate surface area is 154 Å². The second-order valence-electron chi connectivity index (χ2n) is 7.07. The largest absolute Gasteiger partial charge is 0.494 e. The molecular formula is C20H27NO5. The van der Waals surface area contributed by atoms with Gasteiger partial charge in [-0.2, -0.15) is 0 Å². The average molecular weight is 361 g/mol. The summed E-state index contributed by atoms with van der Waals surface area (Å²) in [6.45, 7) is 5.95. The van der Waals surface area contributed by atoms with Crippen molar-refractivity contribution in [2.45, 2.75) is 39.0 Å². The minimum Gasteiger partial charge on any atom is -0.494 e. The lowest BCUT2D eigenvalue weighted by Gasteiger charge is -2.40. The third-order valence-corrected chi connectivity index (χ3v) is 5.07. The fourth-order valence-corrected chi connectivity index (χ4v) is 3.12. The van der Waals surface area contributed by atoms with Crippen LogP contribution in [0.3, 0.4) is 0 Å². The highest BCUT2D eigenvalue weighted by Gasteiger charge is 2.36. The first kappa shape index (κ1) is 18.9. The summed E-state index contributed by atoms with van der Waals surface area (Å²) >= 11 is 0. The maximum Gasteiger partial charge on any atom is 0.234 e. The van der Waals surface area contributed by atoms with Crippen LogP contribution in [-0.2, 0) is 19.1 Å². The van der Waals surface area contributed by atoms with Gasteiger partial charge in [0.15, 0.2) is 0 Å². The van der Waals surface area contributed by atoms with Crippen LogP contribution in [0.1, 0.15) is 39.0 Å². The quantitative estimate of drug-likeness (QED) is 0.473. The van der Waals surface area contributed by atoms with Gasteiger partial charge in [-0.3, -0.25) is 14.5 Å². The lowest BCUT2D eigenvalue weighted by Crippen LogP contribution is -2.45. The summed E-state index contributed by atoms with van der Waals surface area (Å²) in [5.41, 5.74) is 0.860. The molecule has 0 aromatic heterocycles. The van der Waals surface area contributed by atoms with E-state index in [4.69, 9.17) is 14.2 Å². The predicted molar refractivity (Wildman–Crippen MR) is 97.3 cm³/mol. The number of anilines is 1. The van der Waals surface area contributed by atoms with E-state index in [1.165, 1.54) is 4.90 Å². The second kappa shape index (κ2) is 8.64. The van der Waals surface area contributed by atoms with E-state index < -0.39 is 0 Å². The van der Waals surface area contributed by atoms with Crippen LogP contribution < -0.4 is 9.64 Å². The number of hydrogen-bond donors (Lipinski definition) is 0. The number of imide groups is 1. The van der Waals surface area contributed by atoms with Crippen LogP contribution in [-0.4, -0.2) is 44.8 Å². The molecule has 6 heteroatoms. The van der Waals surface area contributed by atoms with Crippen molar-refractivity contribution in [2.75, 3.05) is 37.9 Å². The van der Waals surface area contributed by atoms with Crippen LogP contribution in [0.2, 0.25) is 0 Å². The van der Waals surface area contributed by atoms with Crippen molar-refractivity contribution >= 4 is 17.5 Å². The second-order valence-corrected chi connectivity index (χ2v) is 7.07. The van der Waals surface area contributed by atoms with E-state index in [0.29, 0.717) is 25.1 Å². The Bertz CT molecular complexity index is 602. The molecule has 0 unspecified atom stereocenters. The SMILES string of the molecule is CCC1(COCCCCOc2ccc(N3C(=O)CCC3=O)cc2)COC1. The monoisotopic (exact) mass is 361 g/mol.